The SMILES string of the molecule is Cc1ccc(Sc2cccc(Sc3ccc(C)cc3)c2)cc1. The number of hydrogen-bond acceptors (Lipinski definition) is 2. The molecule has 0 aliphatic carbocycles. The monoisotopic (exact) mass is 322 g/mol. The molecule has 110 valence electrons. The highest BCUT2D eigenvalue weighted by molar-refractivity contribution is 8.00. The van der Waals surface area contributed by atoms with Gasteiger partial charge in [-0.15, -0.1) is 0 Å². The van der Waals surface area contributed by atoms with Crippen molar-refractivity contribution in [3.63, 3.8) is 0 Å². The highest BCUT2D eigenvalue weighted by atomic mass is 32.2. The number of rotatable bonds is 4. The summed E-state index contributed by atoms with van der Waals surface area (Å²) in [7, 11) is 0. The summed E-state index contributed by atoms with van der Waals surface area (Å²) < 4.78 is 0. The lowest BCUT2D eigenvalue weighted by molar-refractivity contribution is 1.30. The Labute approximate surface area is 141 Å². The third-order valence-corrected chi connectivity index (χ3v) is 5.31. The molecule has 3 rings (SSSR count). The van der Waals surface area contributed by atoms with Gasteiger partial charge in [0.1, 0.15) is 0 Å². The van der Waals surface area contributed by atoms with Crippen LogP contribution in [0.1, 0.15) is 11.1 Å². The lowest BCUT2D eigenvalue weighted by Gasteiger charge is -2.06. The first-order valence-corrected chi connectivity index (χ1v) is 8.91. The van der Waals surface area contributed by atoms with Crippen LogP contribution in [0.3, 0.4) is 0 Å². The maximum absolute atomic E-state index is 2.26. The van der Waals surface area contributed by atoms with Crippen molar-refractivity contribution >= 4 is 23.5 Å². The predicted octanol–water partition coefficient (Wildman–Crippen LogP) is 6.61. The van der Waals surface area contributed by atoms with Gasteiger partial charge in [0.15, 0.2) is 0 Å². The van der Waals surface area contributed by atoms with Crippen LogP contribution in [0.15, 0.2) is 92.4 Å². The van der Waals surface area contributed by atoms with Crippen LogP contribution in [0, 0.1) is 13.8 Å². The molecule has 0 aliphatic rings. The summed E-state index contributed by atoms with van der Waals surface area (Å²) in [6, 6.07) is 26.1. The van der Waals surface area contributed by atoms with E-state index in [0.717, 1.165) is 0 Å². The zero-order chi connectivity index (χ0) is 15.4. The molecule has 0 atom stereocenters. The Hall–Kier alpha value is -1.64. The van der Waals surface area contributed by atoms with Crippen LogP contribution in [-0.2, 0) is 0 Å². The molecule has 0 saturated heterocycles. The van der Waals surface area contributed by atoms with Gasteiger partial charge >= 0.3 is 0 Å². The normalized spacial score (nSPS) is 10.6. The second kappa shape index (κ2) is 7.08. The maximum Gasteiger partial charge on any atom is 0.0133 e. The highest BCUT2D eigenvalue weighted by Gasteiger charge is 2.01. The molecule has 0 spiro atoms. The summed E-state index contributed by atoms with van der Waals surface area (Å²) in [6.07, 6.45) is 0. The minimum Gasteiger partial charge on any atom is -0.0901 e. The molecule has 0 aliphatic heterocycles. The minimum absolute atomic E-state index is 1.28. The topological polar surface area (TPSA) is 0 Å². The van der Waals surface area contributed by atoms with Crippen LogP contribution in [0.4, 0.5) is 0 Å². The zero-order valence-electron chi connectivity index (χ0n) is 12.7. The fourth-order valence-electron chi connectivity index (χ4n) is 2.09. The molecule has 0 heterocycles. The van der Waals surface area contributed by atoms with Gasteiger partial charge in [-0.3, -0.25) is 0 Å². The average Bonchev–Trinajstić information content (AvgIpc) is 2.52. The number of benzene rings is 3. The molecular formula is C20H18S2. The van der Waals surface area contributed by atoms with Crippen molar-refractivity contribution in [3.8, 4) is 0 Å². The molecule has 0 saturated carbocycles. The summed E-state index contributed by atoms with van der Waals surface area (Å²) in [4.78, 5) is 5.12. The van der Waals surface area contributed by atoms with E-state index in [0.29, 0.717) is 0 Å². The van der Waals surface area contributed by atoms with Gasteiger partial charge in [-0.2, -0.15) is 0 Å². The second-order valence-electron chi connectivity index (χ2n) is 5.31. The van der Waals surface area contributed by atoms with Crippen LogP contribution in [0.2, 0.25) is 0 Å². The van der Waals surface area contributed by atoms with Gasteiger partial charge in [-0.25, -0.2) is 0 Å². The standard InChI is InChI=1S/C20H18S2/c1-15-6-10-17(11-7-15)21-19-4-3-5-20(14-19)22-18-12-8-16(2)9-13-18/h3-14H,1-2H3. The molecular weight excluding hydrogens is 304 g/mol. The van der Waals surface area contributed by atoms with E-state index in [-0.39, 0.29) is 0 Å². The maximum atomic E-state index is 2.26. The Bertz CT molecular complexity index is 681. The number of aryl methyl sites for hydroxylation is 2. The van der Waals surface area contributed by atoms with Crippen molar-refractivity contribution in [2.75, 3.05) is 0 Å². The van der Waals surface area contributed by atoms with Gasteiger partial charge in [0.25, 0.3) is 0 Å². The first-order chi connectivity index (χ1) is 10.7. The van der Waals surface area contributed by atoms with E-state index >= 15 is 0 Å². The van der Waals surface area contributed by atoms with Crippen molar-refractivity contribution in [2.24, 2.45) is 0 Å². The van der Waals surface area contributed by atoms with Crippen LogP contribution in [0.5, 0.6) is 0 Å². The molecule has 0 radical (unpaired) electrons. The fraction of sp³-hybridized carbons (Fsp3) is 0.100. The second-order valence-corrected chi connectivity index (χ2v) is 7.60. The first kappa shape index (κ1) is 15.3. The summed E-state index contributed by atoms with van der Waals surface area (Å²) in [5, 5.41) is 0. The van der Waals surface area contributed by atoms with Gasteiger partial charge in [-0.1, -0.05) is 65.0 Å². The Morgan fingerprint density at radius 1 is 0.500 bits per heavy atom. The van der Waals surface area contributed by atoms with Gasteiger partial charge in [0, 0.05) is 19.6 Å². The van der Waals surface area contributed by atoms with Gasteiger partial charge < -0.3 is 0 Å². The van der Waals surface area contributed by atoms with Crippen molar-refractivity contribution in [1.29, 1.82) is 0 Å². The van der Waals surface area contributed by atoms with Crippen molar-refractivity contribution < 1.29 is 0 Å². The molecule has 0 fully saturated rings. The van der Waals surface area contributed by atoms with Crippen molar-refractivity contribution in [2.45, 2.75) is 33.4 Å². The predicted molar refractivity (Wildman–Crippen MR) is 97.0 cm³/mol. The van der Waals surface area contributed by atoms with Gasteiger partial charge in [0.05, 0.1) is 0 Å². The molecule has 0 unspecified atom stereocenters. The lowest BCUT2D eigenvalue weighted by atomic mass is 10.2. The summed E-state index contributed by atoms with van der Waals surface area (Å²) in [6.45, 7) is 4.24. The van der Waals surface area contributed by atoms with E-state index in [1.165, 1.54) is 30.7 Å². The van der Waals surface area contributed by atoms with E-state index in [4.69, 9.17) is 0 Å². The Balaban J connectivity index is 1.74. The van der Waals surface area contributed by atoms with Gasteiger partial charge in [0.2, 0.25) is 0 Å². The van der Waals surface area contributed by atoms with Crippen molar-refractivity contribution in [3.05, 3.63) is 83.9 Å². The smallest absolute Gasteiger partial charge is 0.0133 e. The molecule has 3 aromatic rings. The molecule has 0 N–H and O–H groups in total. The Morgan fingerprint density at radius 3 is 1.32 bits per heavy atom. The molecule has 3 aromatic carbocycles. The summed E-state index contributed by atoms with van der Waals surface area (Å²) in [5.41, 5.74) is 2.60. The Morgan fingerprint density at radius 2 is 0.909 bits per heavy atom. The molecule has 2 heteroatoms. The zero-order valence-corrected chi connectivity index (χ0v) is 14.4. The van der Waals surface area contributed by atoms with Crippen molar-refractivity contribution in [1.82, 2.24) is 0 Å². The van der Waals surface area contributed by atoms with E-state index < -0.39 is 0 Å². The summed E-state index contributed by atoms with van der Waals surface area (Å²) >= 11 is 3.62. The minimum atomic E-state index is 1.28. The van der Waals surface area contributed by atoms with E-state index in [1.807, 2.05) is 23.5 Å². The fourth-order valence-corrected chi connectivity index (χ4v) is 3.91. The third kappa shape index (κ3) is 4.19. The molecule has 22 heavy (non-hydrogen) atoms. The summed E-state index contributed by atoms with van der Waals surface area (Å²) in [5.74, 6) is 0. The quantitative estimate of drug-likeness (QED) is 0.530. The van der Waals surface area contributed by atoms with Crippen LogP contribution >= 0.6 is 23.5 Å². The molecule has 0 aromatic heterocycles. The van der Waals surface area contributed by atoms with Gasteiger partial charge in [-0.05, 0) is 56.3 Å². The van der Waals surface area contributed by atoms with E-state index in [1.54, 1.807) is 0 Å². The first-order valence-electron chi connectivity index (χ1n) is 7.28. The lowest BCUT2D eigenvalue weighted by Crippen LogP contribution is -1.78. The molecule has 0 amide bonds. The van der Waals surface area contributed by atoms with Crippen LogP contribution < -0.4 is 0 Å². The third-order valence-electron chi connectivity index (χ3n) is 3.32. The number of hydrogen-bond donors (Lipinski definition) is 0. The van der Waals surface area contributed by atoms with Crippen LogP contribution in [-0.4, -0.2) is 0 Å². The highest BCUT2D eigenvalue weighted by Crippen LogP contribution is 2.33. The molecule has 0 nitrogen and oxygen atoms in total. The van der Waals surface area contributed by atoms with E-state index in [2.05, 4.69) is 86.6 Å². The largest absolute Gasteiger partial charge is 0.0901 e. The van der Waals surface area contributed by atoms with E-state index in [9.17, 15) is 0 Å². The Kier molecular flexibility index (Phi) is 4.91. The molecule has 0 bridgehead atoms. The van der Waals surface area contributed by atoms with Crippen LogP contribution in [0.25, 0.3) is 0 Å². The average molecular weight is 322 g/mol.